The maximum absolute atomic E-state index is 6.02. The Bertz CT molecular complexity index is 768. The molecule has 0 aliphatic heterocycles. The summed E-state index contributed by atoms with van der Waals surface area (Å²) in [5.41, 5.74) is 1.13. The van der Waals surface area contributed by atoms with Gasteiger partial charge in [-0.15, -0.1) is 24.0 Å². The smallest absolute Gasteiger partial charge is 0.216 e. The SMILES string of the molecule is CCNC(=NCc1ncc(C(C)(C)C)o1)NCC(c1ccc(Cl)cc1)N(C)C.I. The lowest BCUT2D eigenvalue weighted by atomic mass is 9.94. The molecule has 0 radical (unpaired) electrons. The molecule has 0 aliphatic carbocycles. The van der Waals surface area contributed by atoms with E-state index in [9.17, 15) is 0 Å². The van der Waals surface area contributed by atoms with E-state index in [1.54, 1.807) is 6.20 Å². The van der Waals surface area contributed by atoms with E-state index in [2.05, 4.69) is 72.5 Å². The van der Waals surface area contributed by atoms with Crippen LogP contribution in [-0.4, -0.2) is 43.0 Å². The number of rotatable bonds is 7. The highest BCUT2D eigenvalue weighted by atomic mass is 127. The van der Waals surface area contributed by atoms with Crippen LogP contribution in [0.2, 0.25) is 5.02 Å². The van der Waals surface area contributed by atoms with Crippen LogP contribution in [0.1, 0.15) is 51.0 Å². The fraction of sp³-hybridized carbons (Fsp3) is 0.524. The largest absolute Gasteiger partial charge is 0.443 e. The van der Waals surface area contributed by atoms with Gasteiger partial charge < -0.3 is 20.0 Å². The normalized spacial score (nSPS) is 13.2. The summed E-state index contributed by atoms with van der Waals surface area (Å²) in [6.07, 6.45) is 1.79. The number of nitrogens with one attached hydrogen (secondary N) is 2. The Morgan fingerprint density at radius 2 is 1.86 bits per heavy atom. The second-order valence-corrected chi connectivity index (χ2v) is 8.41. The zero-order valence-corrected chi connectivity index (χ0v) is 21.2. The lowest BCUT2D eigenvalue weighted by molar-refractivity contribution is 0.298. The molecular formula is C21H33ClIN5O. The third kappa shape index (κ3) is 8.14. The van der Waals surface area contributed by atoms with Crippen molar-refractivity contribution in [1.82, 2.24) is 20.5 Å². The van der Waals surface area contributed by atoms with Gasteiger partial charge >= 0.3 is 0 Å². The molecule has 8 heteroatoms. The Morgan fingerprint density at radius 3 is 2.38 bits per heavy atom. The van der Waals surface area contributed by atoms with E-state index in [0.717, 1.165) is 23.3 Å². The van der Waals surface area contributed by atoms with Crippen LogP contribution < -0.4 is 10.6 Å². The Morgan fingerprint density at radius 1 is 1.21 bits per heavy atom. The number of oxazole rings is 1. The Kier molecular flexibility index (Phi) is 10.4. The highest BCUT2D eigenvalue weighted by molar-refractivity contribution is 14.0. The van der Waals surface area contributed by atoms with E-state index in [4.69, 9.17) is 16.0 Å². The first kappa shape index (κ1) is 25.7. The van der Waals surface area contributed by atoms with Crippen molar-refractivity contribution in [2.75, 3.05) is 27.2 Å². The standard InChI is InChI=1S/C21H32ClN5O.HI/c1-7-23-20(26-14-19-24-13-18(28-19)21(2,3)4)25-12-17(27(5)6)15-8-10-16(22)11-9-15;/h8-11,13,17H,7,12,14H2,1-6H3,(H2,23,25,26);1H. The number of aliphatic imine (C=N–C) groups is 1. The highest BCUT2D eigenvalue weighted by Crippen LogP contribution is 2.23. The molecule has 0 amide bonds. The van der Waals surface area contributed by atoms with E-state index in [1.165, 1.54) is 5.56 Å². The second-order valence-electron chi connectivity index (χ2n) is 7.98. The molecular weight excluding hydrogens is 501 g/mol. The molecule has 162 valence electrons. The van der Waals surface area contributed by atoms with Gasteiger partial charge in [-0.2, -0.15) is 0 Å². The van der Waals surface area contributed by atoms with Crippen LogP contribution in [0, 0.1) is 0 Å². The zero-order chi connectivity index (χ0) is 20.7. The van der Waals surface area contributed by atoms with Gasteiger partial charge in [0.1, 0.15) is 12.3 Å². The fourth-order valence-corrected chi connectivity index (χ4v) is 2.82. The summed E-state index contributed by atoms with van der Waals surface area (Å²) in [5.74, 6) is 2.22. The number of nitrogens with zero attached hydrogens (tertiary/aromatic N) is 3. The maximum Gasteiger partial charge on any atom is 0.216 e. The van der Waals surface area contributed by atoms with Gasteiger partial charge in [0.2, 0.25) is 5.89 Å². The van der Waals surface area contributed by atoms with Crippen molar-refractivity contribution in [2.45, 2.75) is 45.7 Å². The first-order valence-electron chi connectivity index (χ1n) is 9.60. The minimum absolute atomic E-state index is 0. The van der Waals surface area contributed by atoms with E-state index in [0.29, 0.717) is 19.0 Å². The van der Waals surface area contributed by atoms with Crippen LogP contribution in [0.5, 0.6) is 0 Å². The average Bonchev–Trinajstić information content (AvgIpc) is 3.10. The van der Waals surface area contributed by atoms with Gasteiger partial charge in [0, 0.05) is 23.5 Å². The number of hydrogen-bond acceptors (Lipinski definition) is 4. The third-order valence-electron chi connectivity index (χ3n) is 4.35. The van der Waals surface area contributed by atoms with Crippen molar-refractivity contribution in [3.05, 3.63) is 52.7 Å². The first-order valence-corrected chi connectivity index (χ1v) is 9.97. The molecule has 0 aliphatic rings. The van der Waals surface area contributed by atoms with Crippen LogP contribution >= 0.6 is 35.6 Å². The molecule has 2 rings (SSSR count). The molecule has 0 saturated heterocycles. The fourth-order valence-electron chi connectivity index (χ4n) is 2.70. The van der Waals surface area contributed by atoms with Crippen molar-refractivity contribution in [2.24, 2.45) is 4.99 Å². The van der Waals surface area contributed by atoms with Gasteiger partial charge in [0.05, 0.1) is 12.2 Å². The van der Waals surface area contributed by atoms with Gasteiger partial charge in [-0.3, -0.25) is 0 Å². The Labute approximate surface area is 196 Å². The summed E-state index contributed by atoms with van der Waals surface area (Å²) < 4.78 is 5.83. The van der Waals surface area contributed by atoms with Crippen molar-refractivity contribution in [3.63, 3.8) is 0 Å². The van der Waals surface area contributed by atoms with Crippen molar-refractivity contribution < 1.29 is 4.42 Å². The van der Waals surface area contributed by atoms with Crippen molar-refractivity contribution in [1.29, 1.82) is 0 Å². The van der Waals surface area contributed by atoms with Crippen LogP contribution in [0.4, 0.5) is 0 Å². The molecule has 0 bridgehead atoms. The van der Waals surface area contributed by atoms with E-state index < -0.39 is 0 Å². The average molecular weight is 534 g/mol. The number of likely N-dealkylation sites (N-methyl/N-ethyl adjacent to an activating group) is 1. The third-order valence-corrected chi connectivity index (χ3v) is 4.60. The number of benzene rings is 1. The van der Waals surface area contributed by atoms with Crippen LogP contribution in [0.25, 0.3) is 0 Å². The Hall–Kier alpha value is -1.32. The predicted octanol–water partition coefficient (Wildman–Crippen LogP) is 4.60. The first-order chi connectivity index (χ1) is 13.2. The molecule has 0 spiro atoms. The summed E-state index contributed by atoms with van der Waals surface area (Å²) in [5, 5.41) is 7.43. The second kappa shape index (κ2) is 11.8. The monoisotopic (exact) mass is 533 g/mol. The molecule has 0 fully saturated rings. The van der Waals surface area contributed by atoms with E-state index in [1.807, 2.05) is 19.1 Å². The summed E-state index contributed by atoms with van der Waals surface area (Å²) in [4.78, 5) is 11.1. The molecule has 1 unspecified atom stereocenters. The Balaban J connectivity index is 0.00000420. The topological polar surface area (TPSA) is 65.7 Å². The molecule has 2 N–H and O–H groups in total. The molecule has 1 heterocycles. The minimum atomic E-state index is -0.0603. The molecule has 29 heavy (non-hydrogen) atoms. The van der Waals surface area contributed by atoms with Gasteiger partial charge in [-0.05, 0) is 38.7 Å². The van der Waals surface area contributed by atoms with Crippen LogP contribution in [0.3, 0.4) is 0 Å². The quantitative estimate of drug-likeness (QED) is 0.309. The molecule has 1 atom stereocenters. The predicted molar refractivity (Wildman–Crippen MR) is 131 cm³/mol. The van der Waals surface area contributed by atoms with Crippen molar-refractivity contribution in [3.8, 4) is 0 Å². The zero-order valence-electron chi connectivity index (χ0n) is 18.1. The van der Waals surface area contributed by atoms with Gasteiger partial charge in [0.15, 0.2) is 5.96 Å². The molecule has 0 saturated carbocycles. The van der Waals surface area contributed by atoms with Crippen molar-refractivity contribution >= 4 is 41.5 Å². The van der Waals surface area contributed by atoms with Gasteiger partial charge in [-0.25, -0.2) is 9.98 Å². The minimum Gasteiger partial charge on any atom is -0.443 e. The molecule has 1 aromatic carbocycles. The summed E-state index contributed by atoms with van der Waals surface area (Å²) in [7, 11) is 4.12. The number of hydrogen-bond donors (Lipinski definition) is 2. The number of guanidine groups is 1. The van der Waals surface area contributed by atoms with Crippen LogP contribution in [0.15, 0.2) is 39.9 Å². The summed E-state index contributed by atoms with van der Waals surface area (Å²) in [6, 6.07) is 8.14. The lowest BCUT2D eigenvalue weighted by Crippen LogP contribution is -2.41. The summed E-state index contributed by atoms with van der Waals surface area (Å²) >= 11 is 6.02. The molecule has 6 nitrogen and oxygen atoms in total. The summed E-state index contributed by atoms with van der Waals surface area (Å²) in [6.45, 7) is 10.2. The highest BCUT2D eigenvalue weighted by Gasteiger charge is 2.19. The molecule has 2 aromatic rings. The maximum atomic E-state index is 6.02. The number of aromatic nitrogens is 1. The van der Waals surface area contributed by atoms with Crippen LogP contribution in [-0.2, 0) is 12.0 Å². The number of halogens is 2. The molecule has 1 aromatic heterocycles. The van der Waals surface area contributed by atoms with E-state index in [-0.39, 0.29) is 35.4 Å². The van der Waals surface area contributed by atoms with E-state index >= 15 is 0 Å². The van der Waals surface area contributed by atoms with Gasteiger partial charge in [0.25, 0.3) is 0 Å². The lowest BCUT2D eigenvalue weighted by Gasteiger charge is -2.26. The van der Waals surface area contributed by atoms with Gasteiger partial charge in [-0.1, -0.05) is 44.5 Å².